The van der Waals surface area contributed by atoms with Crippen molar-refractivity contribution in [2.45, 2.75) is 20.3 Å². The number of rotatable bonds is 3. The van der Waals surface area contributed by atoms with E-state index in [1.165, 1.54) is 5.56 Å². The van der Waals surface area contributed by atoms with Crippen LogP contribution in [0.5, 0.6) is 5.75 Å². The number of hydrogen-bond donors (Lipinski definition) is 1. The molecule has 23 heavy (non-hydrogen) atoms. The van der Waals surface area contributed by atoms with Crippen molar-refractivity contribution in [2.75, 3.05) is 0 Å². The van der Waals surface area contributed by atoms with Crippen molar-refractivity contribution >= 4 is 0 Å². The van der Waals surface area contributed by atoms with Gasteiger partial charge in [-0.1, -0.05) is 55.5 Å². The predicted octanol–water partition coefficient (Wildman–Crippen LogP) is 5.74. The zero-order valence-corrected chi connectivity index (χ0v) is 13.3. The van der Waals surface area contributed by atoms with E-state index < -0.39 is 0 Å². The summed E-state index contributed by atoms with van der Waals surface area (Å²) < 4.78 is 14.8. The minimum atomic E-state index is -0.195. The van der Waals surface area contributed by atoms with Gasteiger partial charge in [-0.15, -0.1) is 0 Å². The van der Waals surface area contributed by atoms with Gasteiger partial charge < -0.3 is 5.11 Å². The standard InChI is InChI=1S/C21H19FO/c1-3-15-4-6-17(7-5-15)20-13-12-19(14(2)21(20)22)16-8-10-18(23)11-9-16/h4-13,23H,3H2,1-2H3. The lowest BCUT2D eigenvalue weighted by molar-refractivity contribution is 0.475. The smallest absolute Gasteiger partial charge is 0.134 e. The summed E-state index contributed by atoms with van der Waals surface area (Å²) in [6.45, 7) is 3.90. The van der Waals surface area contributed by atoms with Crippen molar-refractivity contribution in [2.24, 2.45) is 0 Å². The fourth-order valence-electron chi connectivity index (χ4n) is 2.78. The molecule has 0 spiro atoms. The highest BCUT2D eigenvalue weighted by atomic mass is 19.1. The van der Waals surface area contributed by atoms with Crippen LogP contribution in [0, 0.1) is 12.7 Å². The number of aromatic hydroxyl groups is 1. The molecule has 116 valence electrons. The van der Waals surface area contributed by atoms with Crippen molar-refractivity contribution in [1.82, 2.24) is 0 Å². The molecule has 3 aromatic carbocycles. The normalized spacial score (nSPS) is 10.7. The van der Waals surface area contributed by atoms with Crippen LogP contribution < -0.4 is 0 Å². The second kappa shape index (κ2) is 6.25. The van der Waals surface area contributed by atoms with Crippen LogP contribution >= 0.6 is 0 Å². The molecule has 0 bridgehead atoms. The Kier molecular flexibility index (Phi) is 4.16. The van der Waals surface area contributed by atoms with Crippen LogP contribution in [-0.4, -0.2) is 5.11 Å². The maximum atomic E-state index is 14.8. The van der Waals surface area contributed by atoms with Gasteiger partial charge in [0.05, 0.1) is 0 Å². The summed E-state index contributed by atoms with van der Waals surface area (Å²) in [5, 5.41) is 9.39. The molecule has 0 unspecified atom stereocenters. The van der Waals surface area contributed by atoms with Gasteiger partial charge >= 0.3 is 0 Å². The molecule has 0 aliphatic heterocycles. The van der Waals surface area contributed by atoms with Crippen molar-refractivity contribution in [3.63, 3.8) is 0 Å². The third-order valence-electron chi connectivity index (χ3n) is 4.24. The van der Waals surface area contributed by atoms with E-state index in [-0.39, 0.29) is 11.6 Å². The SMILES string of the molecule is CCc1ccc(-c2ccc(-c3ccc(O)cc3)c(C)c2F)cc1. The van der Waals surface area contributed by atoms with E-state index in [1.807, 2.05) is 36.4 Å². The van der Waals surface area contributed by atoms with Crippen molar-refractivity contribution in [3.8, 4) is 28.0 Å². The molecule has 0 saturated heterocycles. The molecule has 0 radical (unpaired) electrons. The van der Waals surface area contributed by atoms with Gasteiger partial charge in [0.1, 0.15) is 11.6 Å². The van der Waals surface area contributed by atoms with E-state index in [0.717, 1.165) is 23.1 Å². The third-order valence-corrected chi connectivity index (χ3v) is 4.24. The lowest BCUT2D eigenvalue weighted by Crippen LogP contribution is -1.93. The minimum Gasteiger partial charge on any atom is -0.508 e. The van der Waals surface area contributed by atoms with Crippen LogP contribution in [0.25, 0.3) is 22.3 Å². The third kappa shape index (κ3) is 2.98. The van der Waals surface area contributed by atoms with E-state index >= 15 is 0 Å². The number of phenols is 1. The summed E-state index contributed by atoms with van der Waals surface area (Å²) in [7, 11) is 0. The number of halogens is 1. The van der Waals surface area contributed by atoms with Gasteiger partial charge in [0, 0.05) is 5.56 Å². The Bertz CT molecular complexity index is 818. The van der Waals surface area contributed by atoms with Crippen LogP contribution in [0.4, 0.5) is 4.39 Å². The summed E-state index contributed by atoms with van der Waals surface area (Å²) >= 11 is 0. The van der Waals surface area contributed by atoms with Gasteiger partial charge in [-0.2, -0.15) is 0 Å². The van der Waals surface area contributed by atoms with Gasteiger partial charge in [0.15, 0.2) is 0 Å². The molecule has 0 aliphatic carbocycles. The molecule has 2 heteroatoms. The first-order valence-corrected chi connectivity index (χ1v) is 7.78. The molecule has 3 aromatic rings. The first-order valence-electron chi connectivity index (χ1n) is 7.78. The fraction of sp³-hybridized carbons (Fsp3) is 0.143. The first-order chi connectivity index (χ1) is 11.1. The van der Waals surface area contributed by atoms with E-state index in [2.05, 4.69) is 6.92 Å². The van der Waals surface area contributed by atoms with Gasteiger partial charge in [0.25, 0.3) is 0 Å². The van der Waals surface area contributed by atoms with Crippen molar-refractivity contribution in [1.29, 1.82) is 0 Å². The number of hydrogen-bond acceptors (Lipinski definition) is 1. The van der Waals surface area contributed by atoms with Crippen molar-refractivity contribution in [3.05, 3.63) is 77.6 Å². The Morgan fingerprint density at radius 3 is 1.91 bits per heavy atom. The highest BCUT2D eigenvalue weighted by Crippen LogP contribution is 2.32. The lowest BCUT2D eigenvalue weighted by atomic mass is 9.94. The highest BCUT2D eigenvalue weighted by Gasteiger charge is 2.12. The molecule has 1 nitrogen and oxygen atoms in total. The molecule has 0 atom stereocenters. The fourth-order valence-corrected chi connectivity index (χ4v) is 2.78. The molecule has 0 aromatic heterocycles. The van der Waals surface area contributed by atoms with Gasteiger partial charge in [0.2, 0.25) is 0 Å². The summed E-state index contributed by atoms with van der Waals surface area (Å²) in [6, 6.07) is 18.6. The van der Waals surface area contributed by atoms with E-state index in [1.54, 1.807) is 31.2 Å². The van der Waals surface area contributed by atoms with E-state index in [0.29, 0.717) is 11.1 Å². The monoisotopic (exact) mass is 306 g/mol. The van der Waals surface area contributed by atoms with Crippen LogP contribution in [0.1, 0.15) is 18.1 Å². The Labute approximate surface area is 136 Å². The molecule has 0 heterocycles. The van der Waals surface area contributed by atoms with E-state index in [9.17, 15) is 9.50 Å². The molecule has 0 amide bonds. The first kappa shape index (κ1) is 15.3. The number of phenolic OH excluding ortho intramolecular Hbond substituents is 1. The van der Waals surface area contributed by atoms with Gasteiger partial charge in [-0.25, -0.2) is 4.39 Å². The Morgan fingerprint density at radius 1 is 0.783 bits per heavy atom. The molecule has 0 saturated carbocycles. The molecular formula is C21H19FO. The zero-order valence-electron chi connectivity index (χ0n) is 13.3. The molecular weight excluding hydrogens is 287 g/mol. The second-order valence-electron chi connectivity index (χ2n) is 5.70. The van der Waals surface area contributed by atoms with Crippen LogP contribution in [0.2, 0.25) is 0 Å². The van der Waals surface area contributed by atoms with E-state index in [4.69, 9.17) is 0 Å². The number of aryl methyl sites for hydroxylation is 1. The molecule has 3 rings (SSSR count). The Balaban J connectivity index is 2.04. The lowest BCUT2D eigenvalue weighted by Gasteiger charge is -2.12. The predicted molar refractivity (Wildman–Crippen MR) is 93.1 cm³/mol. The highest BCUT2D eigenvalue weighted by molar-refractivity contribution is 5.74. The molecule has 0 fully saturated rings. The molecule has 1 N–H and O–H groups in total. The average molecular weight is 306 g/mol. The van der Waals surface area contributed by atoms with Crippen LogP contribution in [-0.2, 0) is 6.42 Å². The second-order valence-corrected chi connectivity index (χ2v) is 5.70. The average Bonchev–Trinajstić information content (AvgIpc) is 2.58. The van der Waals surface area contributed by atoms with Crippen LogP contribution in [0.15, 0.2) is 60.7 Å². The Hall–Kier alpha value is -2.61. The van der Waals surface area contributed by atoms with Gasteiger partial charge in [-0.3, -0.25) is 0 Å². The van der Waals surface area contributed by atoms with Crippen molar-refractivity contribution < 1.29 is 9.50 Å². The Morgan fingerprint density at radius 2 is 1.30 bits per heavy atom. The molecule has 0 aliphatic rings. The van der Waals surface area contributed by atoms with Crippen LogP contribution in [0.3, 0.4) is 0 Å². The van der Waals surface area contributed by atoms with Gasteiger partial charge in [-0.05, 0) is 53.3 Å². The topological polar surface area (TPSA) is 20.2 Å². The maximum absolute atomic E-state index is 14.8. The maximum Gasteiger partial charge on any atom is 0.134 e. The largest absolute Gasteiger partial charge is 0.508 e. The summed E-state index contributed by atoms with van der Waals surface area (Å²) in [4.78, 5) is 0. The summed E-state index contributed by atoms with van der Waals surface area (Å²) in [5.41, 5.74) is 5.11. The summed E-state index contributed by atoms with van der Waals surface area (Å²) in [6.07, 6.45) is 0.974. The minimum absolute atomic E-state index is 0.195. The number of benzene rings is 3. The zero-order chi connectivity index (χ0) is 16.4. The quantitative estimate of drug-likeness (QED) is 0.654. The summed E-state index contributed by atoms with van der Waals surface area (Å²) in [5.74, 6) is 0.0133.